The lowest BCUT2D eigenvalue weighted by Crippen LogP contribution is -2.01. The highest BCUT2D eigenvalue weighted by Crippen LogP contribution is 2.34. The van der Waals surface area contributed by atoms with Gasteiger partial charge in [-0.1, -0.05) is 72.8 Å². The van der Waals surface area contributed by atoms with E-state index < -0.39 is 0 Å². The largest absolute Gasteiger partial charge is 0.309 e. The molecule has 0 bridgehead atoms. The molecule has 0 aliphatic carbocycles. The quantitative estimate of drug-likeness (QED) is 0.238. The van der Waals surface area contributed by atoms with Crippen LogP contribution in [0.4, 0.5) is 0 Å². The van der Waals surface area contributed by atoms with Gasteiger partial charge in [0.25, 0.3) is 0 Å². The molecule has 40 heavy (non-hydrogen) atoms. The van der Waals surface area contributed by atoms with Crippen molar-refractivity contribution in [2.45, 2.75) is 0 Å². The van der Waals surface area contributed by atoms with Gasteiger partial charge in [0, 0.05) is 44.9 Å². The zero-order valence-electron chi connectivity index (χ0n) is 21.5. The molecular weight excluding hydrogens is 490 g/mol. The number of rotatable bonds is 4. The second kappa shape index (κ2) is 9.03. The van der Waals surface area contributed by atoms with E-state index in [2.05, 4.69) is 127 Å². The van der Waals surface area contributed by atoms with Crippen LogP contribution in [0.2, 0.25) is 0 Å². The van der Waals surface area contributed by atoms with E-state index in [-0.39, 0.29) is 0 Å². The van der Waals surface area contributed by atoms with Crippen LogP contribution in [0.1, 0.15) is 0 Å². The Balaban J connectivity index is 1.31. The molecule has 0 saturated heterocycles. The summed E-state index contributed by atoms with van der Waals surface area (Å²) in [6.07, 6.45) is 1.82. The summed E-state index contributed by atoms with van der Waals surface area (Å²) in [7, 11) is 0. The maximum absolute atomic E-state index is 4.69. The second-order valence-electron chi connectivity index (χ2n) is 9.85. The fraction of sp³-hybridized carbons (Fsp3) is 0. The third kappa shape index (κ3) is 3.52. The van der Waals surface area contributed by atoms with Gasteiger partial charge in [0.2, 0.25) is 0 Å². The summed E-state index contributed by atoms with van der Waals surface area (Å²) < 4.78 is 4.47. The van der Waals surface area contributed by atoms with Crippen LogP contribution in [0.25, 0.3) is 66.9 Å². The van der Waals surface area contributed by atoms with Crippen LogP contribution in [-0.2, 0) is 0 Å². The standard InChI is InChI=1S/C35H23N5/c1-2-9-24(10-3-1)34-37-38-35(26-16-21-31-25(23-26)11-8-22-36-31)40(34)28-19-17-27(18-20-28)39-32-14-6-4-12-29(32)30-13-5-7-15-33(30)39/h1-23H. The number of hydrogen-bond acceptors (Lipinski definition) is 3. The summed E-state index contributed by atoms with van der Waals surface area (Å²) in [5, 5.41) is 12.9. The Morgan fingerprint density at radius 2 is 1.05 bits per heavy atom. The molecule has 3 aromatic heterocycles. The number of nitrogens with zero attached hydrogens (tertiary/aromatic N) is 5. The highest BCUT2D eigenvalue weighted by atomic mass is 15.3. The fourth-order valence-corrected chi connectivity index (χ4v) is 5.66. The summed E-state index contributed by atoms with van der Waals surface area (Å²) in [4.78, 5) is 4.48. The molecule has 0 saturated carbocycles. The van der Waals surface area contributed by atoms with E-state index in [1.165, 1.54) is 21.8 Å². The van der Waals surface area contributed by atoms with Crippen LogP contribution < -0.4 is 0 Å². The van der Waals surface area contributed by atoms with Gasteiger partial charge in [0.15, 0.2) is 11.6 Å². The average molecular weight is 514 g/mol. The number of para-hydroxylation sites is 2. The number of aromatic nitrogens is 5. The minimum Gasteiger partial charge on any atom is -0.309 e. The van der Waals surface area contributed by atoms with E-state index in [4.69, 9.17) is 0 Å². The predicted octanol–water partition coefficient (Wildman–Crippen LogP) is 8.25. The van der Waals surface area contributed by atoms with Crippen molar-refractivity contribution in [1.29, 1.82) is 0 Å². The van der Waals surface area contributed by atoms with Crippen molar-refractivity contribution in [2.75, 3.05) is 0 Å². The molecule has 188 valence electrons. The first kappa shape index (κ1) is 22.4. The molecule has 8 rings (SSSR count). The molecule has 3 heterocycles. The van der Waals surface area contributed by atoms with Gasteiger partial charge >= 0.3 is 0 Å². The van der Waals surface area contributed by atoms with Gasteiger partial charge in [-0.25, -0.2) is 0 Å². The molecule has 0 atom stereocenters. The first-order valence-corrected chi connectivity index (χ1v) is 13.3. The number of benzene rings is 5. The Bertz CT molecular complexity index is 2100. The Hall–Kier alpha value is -5.55. The van der Waals surface area contributed by atoms with E-state index >= 15 is 0 Å². The summed E-state index contributed by atoms with van der Waals surface area (Å²) in [6, 6.07) is 46.3. The van der Waals surface area contributed by atoms with Crippen LogP contribution >= 0.6 is 0 Å². The van der Waals surface area contributed by atoms with Crippen LogP contribution in [0.5, 0.6) is 0 Å². The first-order valence-electron chi connectivity index (χ1n) is 13.3. The normalized spacial score (nSPS) is 11.5. The van der Waals surface area contributed by atoms with Crippen LogP contribution in [-0.4, -0.2) is 24.3 Å². The van der Waals surface area contributed by atoms with Gasteiger partial charge in [0.05, 0.1) is 16.6 Å². The van der Waals surface area contributed by atoms with Gasteiger partial charge < -0.3 is 4.57 Å². The third-order valence-electron chi connectivity index (χ3n) is 7.50. The first-order chi connectivity index (χ1) is 19.8. The van der Waals surface area contributed by atoms with Crippen molar-refractivity contribution in [3.63, 3.8) is 0 Å². The molecule has 0 fully saturated rings. The lowest BCUT2D eigenvalue weighted by molar-refractivity contribution is 1.07. The summed E-state index contributed by atoms with van der Waals surface area (Å²) in [6.45, 7) is 0. The van der Waals surface area contributed by atoms with Crippen LogP contribution in [0.3, 0.4) is 0 Å². The molecule has 0 aliphatic heterocycles. The molecule has 5 aromatic carbocycles. The lowest BCUT2D eigenvalue weighted by atomic mass is 10.1. The molecule has 0 N–H and O–H groups in total. The molecule has 0 spiro atoms. The van der Waals surface area contributed by atoms with Crippen molar-refractivity contribution in [3.8, 4) is 34.2 Å². The van der Waals surface area contributed by atoms with Crippen LogP contribution in [0, 0.1) is 0 Å². The minimum absolute atomic E-state index is 0.786. The van der Waals surface area contributed by atoms with Gasteiger partial charge in [-0.2, -0.15) is 0 Å². The maximum Gasteiger partial charge on any atom is 0.168 e. The van der Waals surface area contributed by atoms with E-state index in [1.54, 1.807) is 0 Å². The van der Waals surface area contributed by atoms with E-state index in [0.717, 1.165) is 45.1 Å². The number of fused-ring (bicyclic) bond motifs is 4. The van der Waals surface area contributed by atoms with Crippen molar-refractivity contribution in [3.05, 3.63) is 140 Å². The average Bonchev–Trinajstić information content (AvgIpc) is 3.62. The summed E-state index contributed by atoms with van der Waals surface area (Å²) in [5.41, 5.74) is 7.43. The topological polar surface area (TPSA) is 48.5 Å². The Kier molecular flexibility index (Phi) is 5.07. The SMILES string of the molecule is c1ccc(-c2nnc(-c3ccc4ncccc4c3)n2-c2ccc(-n3c4ccccc4c4ccccc43)cc2)cc1. The number of hydrogen-bond donors (Lipinski definition) is 0. The zero-order chi connectivity index (χ0) is 26.5. The molecule has 0 radical (unpaired) electrons. The molecule has 8 aromatic rings. The van der Waals surface area contributed by atoms with E-state index in [1.807, 2.05) is 36.5 Å². The van der Waals surface area contributed by atoms with E-state index in [9.17, 15) is 0 Å². The second-order valence-corrected chi connectivity index (χ2v) is 9.85. The summed E-state index contributed by atoms with van der Waals surface area (Å²) in [5.74, 6) is 1.58. The smallest absolute Gasteiger partial charge is 0.168 e. The van der Waals surface area contributed by atoms with Crippen LogP contribution in [0.15, 0.2) is 140 Å². The minimum atomic E-state index is 0.786. The van der Waals surface area contributed by atoms with Crippen molar-refractivity contribution >= 4 is 32.7 Å². The zero-order valence-corrected chi connectivity index (χ0v) is 21.5. The maximum atomic E-state index is 4.69. The fourth-order valence-electron chi connectivity index (χ4n) is 5.66. The molecule has 0 unspecified atom stereocenters. The Labute approximate surface area is 230 Å². The van der Waals surface area contributed by atoms with Gasteiger partial charge in [-0.05, 0) is 60.7 Å². The lowest BCUT2D eigenvalue weighted by Gasteiger charge is -2.13. The van der Waals surface area contributed by atoms with Crippen molar-refractivity contribution in [2.24, 2.45) is 0 Å². The van der Waals surface area contributed by atoms with Gasteiger partial charge in [-0.15, -0.1) is 10.2 Å². The van der Waals surface area contributed by atoms with Crippen molar-refractivity contribution in [1.82, 2.24) is 24.3 Å². The molecular formula is C35H23N5. The highest BCUT2D eigenvalue weighted by Gasteiger charge is 2.18. The van der Waals surface area contributed by atoms with Gasteiger partial charge in [-0.3, -0.25) is 9.55 Å². The Morgan fingerprint density at radius 3 is 1.75 bits per heavy atom. The highest BCUT2D eigenvalue weighted by molar-refractivity contribution is 6.09. The molecule has 5 nitrogen and oxygen atoms in total. The van der Waals surface area contributed by atoms with Gasteiger partial charge in [0.1, 0.15) is 0 Å². The molecule has 0 amide bonds. The molecule has 0 aliphatic rings. The Morgan fingerprint density at radius 1 is 0.450 bits per heavy atom. The summed E-state index contributed by atoms with van der Waals surface area (Å²) >= 11 is 0. The predicted molar refractivity (Wildman–Crippen MR) is 162 cm³/mol. The van der Waals surface area contributed by atoms with Crippen molar-refractivity contribution < 1.29 is 0 Å². The number of pyridine rings is 1. The van der Waals surface area contributed by atoms with E-state index in [0.29, 0.717) is 0 Å². The molecule has 5 heteroatoms. The third-order valence-corrected chi connectivity index (χ3v) is 7.50. The monoisotopic (exact) mass is 513 g/mol.